The first-order chi connectivity index (χ1) is 12.2. The van der Waals surface area contributed by atoms with Crippen LogP contribution in [0.5, 0.6) is 5.75 Å². The van der Waals surface area contributed by atoms with Crippen LogP contribution in [0.1, 0.15) is 23.3 Å². The summed E-state index contributed by atoms with van der Waals surface area (Å²) in [5.74, 6) is -2.25. The molecule has 3 rings (SSSR count). The van der Waals surface area contributed by atoms with E-state index in [9.17, 15) is 27.9 Å². The van der Waals surface area contributed by atoms with Crippen molar-refractivity contribution < 1.29 is 37.3 Å². The molecule has 140 valence electrons. The van der Waals surface area contributed by atoms with Gasteiger partial charge in [-0.3, -0.25) is 4.79 Å². The summed E-state index contributed by atoms with van der Waals surface area (Å²) < 4.78 is 45.8. The Bertz CT molecular complexity index is 840. The number of carboxylic acid groups (broad SMARTS) is 1. The summed E-state index contributed by atoms with van der Waals surface area (Å²) in [6.45, 7) is 0.412. The number of aliphatic carboxylic acids is 1. The number of hydrogen-bond donors (Lipinski definition) is 3. The van der Waals surface area contributed by atoms with Gasteiger partial charge >= 0.3 is 12.3 Å². The van der Waals surface area contributed by atoms with E-state index >= 15 is 0 Å². The van der Waals surface area contributed by atoms with Gasteiger partial charge in [0, 0.05) is 43.0 Å². The number of carboxylic acids is 1. The van der Waals surface area contributed by atoms with Crippen molar-refractivity contribution in [3.63, 3.8) is 0 Å². The van der Waals surface area contributed by atoms with Crippen LogP contribution in [0.15, 0.2) is 24.3 Å². The van der Waals surface area contributed by atoms with Crippen LogP contribution < -0.4 is 10.1 Å². The highest BCUT2D eigenvalue weighted by Gasteiger charge is 2.42. The zero-order valence-electron chi connectivity index (χ0n) is 13.4. The quantitative estimate of drug-likeness (QED) is 0.765. The molecule has 26 heavy (non-hydrogen) atoms. The van der Waals surface area contributed by atoms with Crippen LogP contribution in [-0.4, -0.2) is 47.1 Å². The zero-order valence-corrected chi connectivity index (χ0v) is 13.4. The van der Waals surface area contributed by atoms with E-state index in [0.717, 1.165) is 12.1 Å². The molecule has 1 amide bonds. The van der Waals surface area contributed by atoms with Gasteiger partial charge in [-0.25, -0.2) is 4.79 Å². The monoisotopic (exact) mass is 372 g/mol. The Morgan fingerprint density at radius 1 is 1.23 bits per heavy atom. The standard InChI is InChI=1S/C16H15F3N2O5/c17-16(18,19)26-10-2-1-9-7-12(20-11(9)8-10)13(22)21-15(14(23)24)3-5-25-6-4-15/h1-2,7-8,20H,3-6H2,(H,21,22)(H,23,24). The molecule has 10 heteroatoms. The number of nitrogens with one attached hydrogen (secondary N) is 2. The number of fused-ring (bicyclic) bond motifs is 1. The van der Waals surface area contributed by atoms with Crippen molar-refractivity contribution in [2.24, 2.45) is 0 Å². The van der Waals surface area contributed by atoms with Crippen molar-refractivity contribution in [2.75, 3.05) is 13.2 Å². The summed E-state index contributed by atoms with van der Waals surface area (Å²) >= 11 is 0. The molecule has 0 spiro atoms. The first kappa shape index (κ1) is 18.1. The van der Waals surface area contributed by atoms with Crippen LogP contribution in [-0.2, 0) is 9.53 Å². The molecule has 0 aliphatic carbocycles. The molecule has 1 fully saturated rings. The van der Waals surface area contributed by atoms with Gasteiger partial charge < -0.3 is 24.9 Å². The number of carbonyl (C=O) groups excluding carboxylic acids is 1. The normalized spacial score (nSPS) is 17.0. The molecule has 2 heterocycles. The van der Waals surface area contributed by atoms with E-state index < -0.39 is 29.5 Å². The van der Waals surface area contributed by atoms with Gasteiger partial charge in [0.15, 0.2) is 0 Å². The van der Waals surface area contributed by atoms with Crippen LogP contribution >= 0.6 is 0 Å². The lowest BCUT2D eigenvalue weighted by atomic mass is 9.90. The Hall–Kier alpha value is -2.75. The summed E-state index contributed by atoms with van der Waals surface area (Å²) in [5.41, 5.74) is -1.14. The largest absolute Gasteiger partial charge is 0.573 e. The van der Waals surface area contributed by atoms with E-state index in [4.69, 9.17) is 4.74 Å². The number of rotatable bonds is 4. The maximum absolute atomic E-state index is 12.4. The number of aromatic amines is 1. The second-order valence-electron chi connectivity index (χ2n) is 5.93. The van der Waals surface area contributed by atoms with Gasteiger partial charge in [0.1, 0.15) is 17.0 Å². The van der Waals surface area contributed by atoms with Gasteiger partial charge in [0.2, 0.25) is 0 Å². The van der Waals surface area contributed by atoms with E-state index in [1.807, 2.05) is 0 Å². The fourth-order valence-electron chi connectivity index (χ4n) is 2.82. The van der Waals surface area contributed by atoms with Crippen LogP contribution in [0, 0.1) is 0 Å². The first-order valence-corrected chi connectivity index (χ1v) is 7.71. The molecule has 0 bridgehead atoms. The summed E-state index contributed by atoms with van der Waals surface area (Å²) in [5, 5.41) is 12.5. The predicted octanol–water partition coefficient (Wildman–Crippen LogP) is 2.43. The van der Waals surface area contributed by atoms with E-state index in [1.54, 1.807) is 0 Å². The molecule has 1 aromatic heterocycles. The van der Waals surface area contributed by atoms with Crippen LogP contribution in [0.2, 0.25) is 0 Å². The van der Waals surface area contributed by atoms with Crippen molar-refractivity contribution in [3.8, 4) is 5.75 Å². The highest BCUT2D eigenvalue weighted by atomic mass is 19.4. The average molecular weight is 372 g/mol. The Kier molecular flexibility index (Phi) is 4.53. The van der Waals surface area contributed by atoms with Crippen molar-refractivity contribution >= 4 is 22.8 Å². The lowest BCUT2D eigenvalue weighted by Gasteiger charge is -2.33. The number of alkyl halides is 3. The lowest BCUT2D eigenvalue weighted by molar-refractivity contribution is -0.274. The lowest BCUT2D eigenvalue weighted by Crippen LogP contribution is -2.57. The molecule has 1 saturated heterocycles. The number of hydrogen-bond acceptors (Lipinski definition) is 4. The van der Waals surface area contributed by atoms with Gasteiger partial charge in [-0.1, -0.05) is 0 Å². The molecule has 0 radical (unpaired) electrons. The third-order valence-electron chi connectivity index (χ3n) is 4.18. The molecule has 7 nitrogen and oxygen atoms in total. The number of ether oxygens (including phenoxy) is 2. The maximum Gasteiger partial charge on any atom is 0.573 e. The minimum Gasteiger partial charge on any atom is -0.480 e. The molecule has 0 atom stereocenters. The minimum absolute atomic E-state index is 0.0382. The van der Waals surface area contributed by atoms with E-state index in [1.165, 1.54) is 12.1 Å². The Morgan fingerprint density at radius 2 is 1.92 bits per heavy atom. The fraction of sp³-hybridized carbons (Fsp3) is 0.375. The van der Waals surface area contributed by atoms with Gasteiger partial charge in [0.05, 0.1) is 0 Å². The van der Waals surface area contributed by atoms with Crippen molar-refractivity contribution in [3.05, 3.63) is 30.0 Å². The average Bonchev–Trinajstić information content (AvgIpc) is 2.97. The number of aromatic nitrogens is 1. The Labute approximate surface area is 145 Å². The SMILES string of the molecule is O=C(NC1(C(=O)O)CCOCC1)c1cc2ccc(OC(F)(F)F)cc2[nH]1. The van der Waals surface area contributed by atoms with Gasteiger partial charge in [-0.05, 0) is 18.2 Å². The van der Waals surface area contributed by atoms with E-state index in [0.29, 0.717) is 5.39 Å². The minimum atomic E-state index is -4.82. The fourth-order valence-corrected chi connectivity index (χ4v) is 2.82. The Balaban J connectivity index is 1.83. The Morgan fingerprint density at radius 3 is 2.54 bits per heavy atom. The highest BCUT2D eigenvalue weighted by molar-refractivity contribution is 6.00. The van der Waals surface area contributed by atoms with Crippen LogP contribution in [0.3, 0.4) is 0 Å². The second kappa shape index (κ2) is 6.52. The molecule has 2 aromatic rings. The van der Waals surface area contributed by atoms with Gasteiger partial charge in [-0.2, -0.15) is 0 Å². The molecule has 3 N–H and O–H groups in total. The topological polar surface area (TPSA) is 101 Å². The number of benzene rings is 1. The van der Waals surface area contributed by atoms with Crippen molar-refractivity contribution in [2.45, 2.75) is 24.7 Å². The van der Waals surface area contributed by atoms with E-state index in [2.05, 4.69) is 15.0 Å². The third-order valence-corrected chi connectivity index (χ3v) is 4.18. The summed E-state index contributed by atoms with van der Waals surface area (Å²) in [7, 11) is 0. The molecular formula is C16H15F3N2O5. The highest BCUT2D eigenvalue weighted by Crippen LogP contribution is 2.27. The third kappa shape index (κ3) is 3.74. The van der Waals surface area contributed by atoms with Crippen molar-refractivity contribution in [1.29, 1.82) is 0 Å². The number of H-pyrrole nitrogens is 1. The van der Waals surface area contributed by atoms with Gasteiger partial charge in [0.25, 0.3) is 5.91 Å². The molecule has 1 aliphatic heterocycles. The van der Waals surface area contributed by atoms with Crippen LogP contribution in [0.25, 0.3) is 10.9 Å². The summed E-state index contributed by atoms with van der Waals surface area (Å²) in [4.78, 5) is 26.7. The molecule has 1 aliphatic rings. The van der Waals surface area contributed by atoms with E-state index in [-0.39, 0.29) is 37.3 Å². The molecule has 0 unspecified atom stereocenters. The zero-order chi connectivity index (χ0) is 18.9. The van der Waals surface area contributed by atoms with Crippen LogP contribution in [0.4, 0.5) is 13.2 Å². The maximum atomic E-state index is 12.4. The molecule has 1 aromatic carbocycles. The second-order valence-corrected chi connectivity index (χ2v) is 5.93. The van der Waals surface area contributed by atoms with Gasteiger partial charge in [-0.15, -0.1) is 13.2 Å². The first-order valence-electron chi connectivity index (χ1n) is 7.71. The van der Waals surface area contributed by atoms with Crippen molar-refractivity contribution in [1.82, 2.24) is 10.3 Å². The number of halogens is 3. The predicted molar refractivity (Wildman–Crippen MR) is 82.9 cm³/mol. The number of amides is 1. The molecular weight excluding hydrogens is 357 g/mol. The summed E-state index contributed by atoms with van der Waals surface area (Å²) in [6, 6.07) is 5.03. The summed E-state index contributed by atoms with van der Waals surface area (Å²) in [6.07, 6.45) is -4.58. The smallest absolute Gasteiger partial charge is 0.480 e. The number of carbonyl (C=O) groups is 2. The molecule has 0 saturated carbocycles.